The van der Waals surface area contributed by atoms with Gasteiger partial charge in [0.05, 0.1) is 24.8 Å². The van der Waals surface area contributed by atoms with Crippen LogP contribution in [-0.2, 0) is 20.9 Å². The number of hydrogen-bond acceptors (Lipinski definition) is 7. The maximum absolute atomic E-state index is 12.5. The van der Waals surface area contributed by atoms with Crippen LogP contribution >= 0.6 is 0 Å². The predicted octanol–water partition coefficient (Wildman–Crippen LogP) is 2.96. The second-order valence-electron chi connectivity index (χ2n) is 8.19. The van der Waals surface area contributed by atoms with Crippen LogP contribution in [0, 0.1) is 11.3 Å². The molecule has 2 atom stereocenters. The number of amides is 1. The van der Waals surface area contributed by atoms with E-state index in [-0.39, 0.29) is 17.2 Å². The quantitative estimate of drug-likeness (QED) is 0.475. The predicted molar refractivity (Wildman–Crippen MR) is 115 cm³/mol. The van der Waals surface area contributed by atoms with Crippen molar-refractivity contribution in [1.29, 1.82) is 0 Å². The van der Waals surface area contributed by atoms with Crippen LogP contribution in [0.1, 0.15) is 12.2 Å². The van der Waals surface area contributed by atoms with Crippen LogP contribution in [0.5, 0.6) is 5.88 Å². The minimum Gasteiger partial charge on any atom is -0.477 e. The summed E-state index contributed by atoms with van der Waals surface area (Å²) in [7, 11) is 0. The minimum atomic E-state index is -5.08. The molecular weight excluding hydrogens is 532 g/mol. The number of furan rings is 1. The number of likely N-dealkylation sites (tertiary alicyclic amines) is 1. The zero-order chi connectivity index (χ0) is 28.6. The summed E-state index contributed by atoms with van der Waals surface area (Å²) in [6.45, 7) is 3.56. The number of carbonyl (C=O) groups excluding carboxylic acids is 1. The average molecular weight is 555 g/mol. The smallest absolute Gasteiger partial charge is 0.477 e. The van der Waals surface area contributed by atoms with Gasteiger partial charge in [-0.15, -0.1) is 0 Å². The molecule has 38 heavy (non-hydrogen) atoms. The Morgan fingerprint density at radius 2 is 1.74 bits per heavy atom. The van der Waals surface area contributed by atoms with Crippen LogP contribution in [0.25, 0.3) is 0 Å². The van der Waals surface area contributed by atoms with Gasteiger partial charge in [0.15, 0.2) is 0 Å². The Hall–Kier alpha value is -3.82. The fourth-order valence-corrected chi connectivity index (χ4v) is 3.80. The first-order chi connectivity index (χ1) is 17.6. The SMILES string of the molecule is O=C(O)C(F)(F)F.O=C(O)C(F)(F)F.O=C1NC[C@H](COc2ccccn2)[C@]12CCN(Cc1ccco1)C2. The molecule has 16 heteroatoms. The molecule has 4 rings (SSSR count). The van der Waals surface area contributed by atoms with E-state index in [0.29, 0.717) is 19.0 Å². The molecule has 1 spiro atoms. The molecule has 0 aromatic carbocycles. The maximum Gasteiger partial charge on any atom is 0.490 e. The molecule has 2 aliphatic heterocycles. The Bertz CT molecular complexity index is 1040. The molecule has 1 amide bonds. The van der Waals surface area contributed by atoms with Crippen molar-refractivity contribution >= 4 is 17.8 Å². The van der Waals surface area contributed by atoms with E-state index >= 15 is 0 Å². The lowest BCUT2D eigenvalue weighted by Gasteiger charge is -2.28. The molecule has 2 fully saturated rings. The summed E-state index contributed by atoms with van der Waals surface area (Å²) in [6.07, 6.45) is -5.91. The molecule has 2 aromatic rings. The monoisotopic (exact) mass is 555 g/mol. The van der Waals surface area contributed by atoms with Gasteiger partial charge in [-0.25, -0.2) is 14.6 Å². The second-order valence-corrected chi connectivity index (χ2v) is 8.19. The number of pyridine rings is 1. The number of halogens is 6. The third kappa shape index (κ3) is 8.64. The Labute approximate surface area is 211 Å². The minimum absolute atomic E-state index is 0.152. The Kier molecular flexibility index (Phi) is 10.1. The highest BCUT2D eigenvalue weighted by Gasteiger charge is 2.54. The van der Waals surface area contributed by atoms with Gasteiger partial charge < -0.3 is 24.7 Å². The molecular formula is C22H23F6N3O7. The molecule has 2 saturated heterocycles. The van der Waals surface area contributed by atoms with E-state index in [4.69, 9.17) is 29.0 Å². The third-order valence-corrected chi connectivity index (χ3v) is 5.64. The van der Waals surface area contributed by atoms with E-state index in [2.05, 4.69) is 15.2 Å². The topological polar surface area (TPSA) is 142 Å². The summed E-state index contributed by atoms with van der Waals surface area (Å²) >= 11 is 0. The zero-order valence-corrected chi connectivity index (χ0v) is 19.5. The molecule has 3 N–H and O–H groups in total. The standard InChI is InChI=1S/C18H21N3O3.2C2HF3O2/c22-17-18(6-8-21(13-18)11-15-4-3-9-23-15)14(10-20-17)12-24-16-5-1-2-7-19-16;2*3-2(4,5)1(6)7/h1-5,7,9,14H,6,8,10-13H2,(H,20,22);2*(H,6,7)/t14-,18-;;/m1../s1. The first kappa shape index (κ1) is 30.4. The van der Waals surface area contributed by atoms with E-state index < -0.39 is 24.3 Å². The summed E-state index contributed by atoms with van der Waals surface area (Å²) < 4.78 is 74.7. The first-order valence-corrected chi connectivity index (χ1v) is 10.8. The number of carboxylic acids is 2. The van der Waals surface area contributed by atoms with E-state index in [1.165, 1.54) is 0 Å². The Morgan fingerprint density at radius 1 is 1.11 bits per heavy atom. The molecule has 4 heterocycles. The van der Waals surface area contributed by atoms with Crippen molar-refractivity contribution in [2.45, 2.75) is 25.3 Å². The number of carboxylic acid groups (broad SMARTS) is 2. The van der Waals surface area contributed by atoms with Gasteiger partial charge in [0.2, 0.25) is 11.8 Å². The zero-order valence-electron chi connectivity index (χ0n) is 19.5. The van der Waals surface area contributed by atoms with Gasteiger partial charge in [0.1, 0.15) is 5.76 Å². The summed E-state index contributed by atoms with van der Waals surface area (Å²) in [5.41, 5.74) is -0.360. The third-order valence-electron chi connectivity index (χ3n) is 5.64. The first-order valence-electron chi connectivity index (χ1n) is 10.8. The van der Waals surface area contributed by atoms with Crippen molar-refractivity contribution in [3.8, 4) is 5.88 Å². The molecule has 10 nitrogen and oxygen atoms in total. The number of aliphatic carboxylic acids is 2. The fraction of sp³-hybridized carbons (Fsp3) is 0.455. The number of ether oxygens (including phenoxy) is 1. The number of aromatic nitrogens is 1. The molecule has 0 saturated carbocycles. The molecule has 0 aliphatic carbocycles. The molecule has 0 bridgehead atoms. The molecule has 0 radical (unpaired) electrons. The van der Waals surface area contributed by atoms with Gasteiger partial charge in [-0.3, -0.25) is 9.69 Å². The van der Waals surface area contributed by atoms with Crippen LogP contribution < -0.4 is 10.1 Å². The fourth-order valence-electron chi connectivity index (χ4n) is 3.80. The van der Waals surface area contributed by atoms with E-state index in [9.17, 15) is 31.1 Å². The Morgan fingerprint density at radius 3 is 2.24 bits per heavy atom. The van der Waals surface area contributed by atoms with E-state index in [0.717, 1.165) is 31.8 Å². The molecule has 210 valence electrons. The highest BCUT2D eigenvalue weighted by molar-refractivity contribution is 5.86. The number of nitrogens with zero attached hydrogens (tertiary/aromatic N) is 2. The molecule has 2 aromatic heterocycles. The molecule has 2 aliphatic rings. The summed E-state index contributed by atoms with van der Waals surface area (Å²) in [4.78, 5) is 36.8. The van der Waals surface area contributed by atoms with Crippen molar-refractivity contribution in [2.24, 2.45) is 11.3 Å². The van der Waals surface area contributed by atoms with Gasteiger partial charge in [-0.1, -0.05) is 6.07 Å². The van der Waals surface area contributed by atoms with Crippen LogP contribution in [0.2, 0.25) is 0 Å². The maximum atomic E-state index is 12.5. The summed E-state index contributed by atoms with van der Waals surface area (Å²) in [5.74, 6) is -3.66. The number of carbonyl (C=O) groups is 3. The Balaban J connectivity index is 0.000000301. The second kappa shape index (κ2) is 12.6. The average Bonchev–Trinajstić information content (AvgIpc) is 3.56. The van der Waals surface area contributed by atoms with Gasteiger partial charge in [0.25, 0.3) is 0 Å². The van der Waals surface area contributed by atoms with Crippen LogP contribution in [0.3, 0.4) is 0 Å². The number of rotatable bonds is 5. The van der Waals surface area contributed by atoms with Gasteiger partial charge >= 0.3 is 24.3 Å². The van der Waals surface area contributed by atoms with Crippen molar-refractivity contribution in [2.75, 3.05) is 26.2 Å². The number of alkyl halides is 6. The highest BCUT2D eigenvalue weighted by atomic mass is 19.4. The van der Waals surface area contributed by atoms with Gasteiger partial charge in [-0.05, 0) is 31.2 Å². The summed E-state index contributed by atoms with van der Waals surface area (Å²) in [5, 5.41) is 17.3. The van der Waals surface area contributed by atoms with Crippen LogP contribution in [0.15, 0.2) is 47.2 Å². The molecule has 0 unspecified atom stereocenters. The lowest BCUT2D eigenvalue weighted by Crippen LogP contribution is -2.40. The van der Waals surface area contributed by atoms with E-state index in [1.54, 1.807) is 12.5 Å². The van der Waals surface area contributed by atoms with Crippen molar-refractivity contribution < 1.29 is 60.1 Å². The van der Waals surface area contributed by atoms with Gasteiger partial charge in [0, 0.05) is 31.3 Å². The highest BCUT2D eigenvalue weighted by Crippen LogP contribution is 2.42. The normalized spacial score (nSPS) is 21.1. The number of hydrogen-bond donors (Lipinski definition) is 3. The van der Waals surface area contributed by atoms with Gasteiger partial charge in [-0.2, -0.15) is 26.3 Å². The lowest BCUT2D eigenvalue weighted by atomic mass is 9.77. The van der Waals surface area contributed by atoms with Crippen LogP contribution in [-0.4, -0.2) is 76.5 Å². The van der Waals surface area contributed by atoms with Crippen LogP contribution in [0.4, 0.5) is 26.3 Å². The van der Waals surface area contributed by atoms with Crippen molar-refractivity contribution in [1.82, 2.24) is 15.2 Å². The van der Waals surface area contributed by atoms with Crippen molar-refractivity contribution in [3.05, 3.63) is 48.6 Å². The van der Waals surface area contributed by atoms with Crippen molar-refractivity contribution in [3.63, 3.8) is 0 Å². The lowest BCUT2D eigenvalue weighted by molar-refractivity contribution is -0.193. The van der Waals surface area contributed by atoms with E-state index in [1.807, 2.05) is 30.3 Å². The summed E-state index contributed by atoms with van der Waals surface area (Å²) in [6, 6.07) is 9.47. The largest absolute Gasteiger partial charge is 0.490 e. The number of nitrogens with one attached hydrogen (secondary N) is 1.